The molecule has 2 aliphatic heterocycles. The van der Waals surface area contributed by atoms with Gasteiger partial charge in [0, 0.05) is 32.8 Å². The molecular formula is C25H36N2O3. The van der Waals surface area contributed by atoms with E-state index in [1.54, 1.807) is 0 Å². The highest BCUT2D eigenvalue weighted by atomic mass is 16.5. The van der Waals surface area contributed by atoms with Crippen molar-refractivity contribution in [2.24, 2.45) is 5.92 Å². The number of ether oxygens (including phenoxy) is 1. The first-order chi connectivity index (χ1) is 14.4. The van der Waals surface area contributed by atoms with Crippen LogP contribution < -0.4 is 0 Å². The molecule has 0 bridgehead atoms. The summed E-state index contributed by atoms with van der Waals surface area (Å²) < 4.78 is 5.63. The van der Waals surface area contributed by atoms with Gasteiger partial charge in [-0.3, -0.25) is 14.5 Å². The van der Waals surface area contributed by atoms with Crippen LogP contribution in [-0.2, 0) is 14.3 Å². The summed E-state index contributed by atoms with van der Waals surface area (Å²) in [6, 6.07) is 6.06. The van der Waals surface area contributed by atoms with E-state index < -0.39 is 0 Å². The van der Waals surface area contributed by atoms with E-state index in [0.29, 0.717) is 36.8 Å². The van der Waals surface area contributed by atoms with Crippen LogP contribution in [0.3, 0.4) is 0 Å². The fraction of sp³-hybridized carbons (Fsp3) is 0.600. The van der Waals surface area contributed by atoms with Crippen molar-refractivity contribution >= 4 is 17.4 Å². The molecule has 0 aromatic heterocycles. The second-order valence-corrected chi connectivity index (χ2v) is 8.80. The maximum Gasteiger partial charge on any atom is 0.277 e. The van der Waals surface area contributed by atoms with E-state index in [4.69, 9.17) is 4.74 Å². The molecule has 0 N–H and O–H groups in total. The molecule has 0 saturated carbocycles. The van der Waals surface area contributed by atoms with Gasteiger partial charge in [-0.05, 0) is 62.1 Å². The van der Waals surface area contributed by atoms with Crippen LogP contribution in [0, 0.1) is 19.8 Å². The zero-order valence-electron chi connectivity index (χ0n) is 19.0. The summed E-state index contributed by atoms with van der Waals surface area (Å²) in [5.41, 5.74) is 4.34. The summed E-state index contributed by atoms with van der Waals surface area (Å²) >= 11 is 0. The predicted molar refractivity (Wildman–Crippen MR) is 120 cm³/mol. The van der Waals surface area contributed by atoms with Gasteiger partial charge in [-0.25, -0.2) is 0 Å². The highest BCUT2D eigenvalue weighted by molar-refractivity contribution is 6.35. The predicted octanol–water partition coefficient (Wildman–Crippen LogP) is 4.32. The Hall–Kier alpha value is -2.14. The average Bonchev–Trinajstić information content (AvgIpc) is 2.97. The summed E-state index contributed by atoms with van der Waals surface area (Å²) in [5.74, 6) is 0.220. The minimum Gasteiger partial charge on any atom is -0.381 e. The molecule has 1 unspecified atom stereocenters. The van der Waals surface area contributed by atoms with E-state index in [9.17, 15) is 9.59 Å². The lowest BCUT2D eigenvalue weighted by atomic mass is 9.96. The summed E-state index contributed by atoms with van der Waals surface area (Å²) in [7, 11) is 0. The molecule has 1 atom stereocenters. The van der Waals surface area contributed by atoms with Gasteiger partial charge in [0.05, 0.1) is 5.57 Å². The van der Waals surface area contributed by atoms with Gasteiger partial charge in [0.1, 0.15) is 5.70 Å². The maximum atomic E-state index is 13.4. The molecule has 3 rings (SSSR count). The smallest absolute Gasteiger partial charge is 0.277 e. The minimum atomic E-state index is -0.162. The normalized spacial score (nSPS) is 19.9. The van der Waals surface area contributed by atoms with Crippen molar-refractivity contribution in [2.45, 2.75) is 59.8 Å². The van der Waals surface area contributed by atoms with Crippen molar-refractivity contribution in [2.75, 3.05) is 32.8 Å². The number of nitrogens with zero attached hydrogens (tertiary/aromatic N) is 2. The zero-order valence-corrected chi connectivity index (χ0v) is 19.0. The van der Waals surface area contributed by atoms with Crippen LogP contribution in [0.5, 0.6) is 0 Å². The first-order valence-electron chi connectivity index (χ1n) is 11.4. The summed E-state index contributed by atoms with van der Waals surface area (Å²) in [6.45, 7) is 11.8. The molecular weight excluding hydrogens is 376 g/mol. The van der Waals surface area contributed by atoms with Gasteiger partial charge in [0.25, 0.3) is 11.8 Å². The summed E-state index contributed by atoms with van der Waals surface area (Å²) in [4.78, 5) is 30.4. The molecule has 0 radical (unpaired) electrons. The van der Waals surface area contributed by atoms with Crippen LogP contribution in [-0.4, -0.2) is 54.5 Å². The van der Waals surface area contributed by atoms with Gasteiger partial charge in [-0.2, -0.15) is 0 Å². The molecule has 30 heavy (non-hydrogen) atoms. The molecule has 164 valence electrons. The number of amides is 2. The lowest BCUT2D eigenvalue weighted by Crippen LogP contribution is -2.39. The van der Waals surface area contributed by atoms with Crippen LogP contribution >= 0.6 is 0 Å². The summed E-state index contributed by atoms with van der Waals surface area (Å²) in [5, 5.41) is 0. The topological polar surface area (TPSA) is 49.9 Å². The second-order valence-electron chi connectivity index (χ2n) is 8.80. The Balaban J connectivity index is 1.84. The van der Waals surface area contributed by atoms with E-state index >= 15 is 0 Å². The Morgan fingerprint density at radius 2 is 1.83 bits per heavy atom. The molecule has 1 saturated heterocycles. The number of imide groups is 1. The van der Waals surface area contributed by atoms with Gasteiger partial charge < -0.3 is 9.64 Å². The van der Waals surface area contributed by atoms with Crippen LogP contribution in [0.1, 0.15) is 62.6 Å². The second kappa shape index (κ2) is 10.3. The Labute approximate surface area is 181 Å². The van der Waals surface area contributed by atoms with Crippen LogP contribution in [0.4, 0.5) is 0 Å². The number of carbonyl (C=O) groups is 2. The van der Waals surface area contributed by atoms with E-state index in [1.807, 2.05) is 18.2 Å². The van der Waals surface area contributed by atoms with Gasteiger partial charge in [-0.15, -0.1) is 0 Å². The lowest BCUT2D eigenvalue weighted by Gasteiger charge is -2.33. The molecule has 0 aliphatic carbocycles. The number of rotatable bonds is 9. The molecule has 5 heteroatoms. The van der Waals surface area contributed by atoms with Gasteiger partial charge in [0.2, 0.25) is 0 Å². The highest BCUT2D eigenvalue weighted by Gasteiger charge is 2.41. The van der Waals surface area contributed by atoms with Gasteiger partial charge >= 0.3 is 0 Å². The number of likely N-dealkylation sites (tertiary alicyclic amines) is 1. The molecule has 1 fully saturated rings. The summed E-state index contributed by atoms with van der Waals surface area (Å²) in [6.07, 6.45) is 5.04. The average molecular weight is 413 g/mol. The van der Waals surface area contributed by atoms with Crippen molar-refractivity contribution < 1.29 is 14.3 Å². The van der Waals surface area contributed by atoms with Crippen molar-refractivity contribution in [1.29, 1.82) is 0 Å². The fourth-order valence-corrected chi connectivity index (χ4v) is 4.28. The third-order valence-corrected chi connectivity index (χ3v) is 6.22. The first kappa shape index (κ1) is 22.5. The molecule has 5 nitrogen and oxygen atoms in total. The standard InChI is InChI=1S/C25H36N2O3/c1-5-6-14-30-15-8-13-27-24(28)22(21-11-10-19(3)20(4)16-21)23(25(27)29)26-12-7-9-18(2)17-26/h10-11,16,18H,5-9,12-15,17H2,1-4H3. The van der Waals surface area contributed by atoms with Crippen molar-refractivity contribution in [1.82, 2.24) is 9.80 Å². The lowest BCUT2D eigenvalue weighted by molar-refractivity contribution is -0.137. The molecule has 1 aromatic carbocycles. The quantitative estimate of drug-likeness (QED) is 0.448. The largest absolute Gasteiger partial charge is 0.381 e. The third kappa shape index (κ3) is 4.94. The van der Waals surface area contributed by atoms with Crippen molar-refractivity contribution in [3.63, 3.8) is 0 Å². The Morgan fingerprint density at radius 1 is 1.07 bits per heavy atom. The van der Waals surface area contributed by atoms with E-state index in [-0.39, 0.29) is 11.8 Å². The Bertz CT molecular complexity index is 815. The Kier molecular flexibility index (Phi) is 7.70. The van der Waals surface area contributed by atoms with Crippen molar-refractivity contribution in [3.05, 3.63) is 40.6 Å². The Morgan fingerprint density at radius 3 is 2.53 bits per heavy atom. The first-order valence-corrected chi connectivity index (χ1v) is 11.4. The van der Waals surface area contributed by atoms with Crippen LogP contribution in [0.2, 0.25) is 0 Å². The maximum absolute atomic E-state index is 13.4. The highest BCUT2D eigenvalue weighted by Crippen LogP contribution is 2.34. The van der Waals surface area contributed by atoms with Crippen molar-refractivity contribution in [3.8, 4) is 0 Å². The van der Waals surface area contributed by atoms with E-state index in [1.165, 1.54) is 16.9 Å². The van der Waals surface area contributed by atoms with Gasteiger partial charge in [0.15, 0.2) is 0 Å². The number of unbranched alkanes of at least 4 members (excludes halogenated alkanes) is 1. The monoisotopic (exact) mass is 412 g/mol. The molecule has 1 aromatic rings. The number of hydrogen-bond donors (Lipinski definition) is 0. The van der Waals surface area contributed by atoms with E-state index in [2.05, 4.69) is 32.6 Å². The SMILES string of the molecule is CCCCOCCCN1C(=O)C(c2ccc(C)c(C)c2)=C(N2CCCC(C)C2)C1=O. The molecule has 2 aliphatic rings. The van der Waals surface area contributed by atoms with Crippen LogP contribution in [0.25, 0.3) is 5.57 Å². The molecule has 2 heterocycles. The zero-order chi connectivity index (χ0) is 21.7. The number of carbonyl (C=O) groups excluding carboxylic acids is 2. The number of aryl methyl sites for hydroxylation is 2. The van der Waals surface area contributed by atoms with Crippen LogP contribution in [0.15, 0.2) is 23.9 Å². The molecule has 0 spiro atoms. The third-order valence-electron chi connectivity index (χ3n) is 6.22. The van der Waals surface area contributed by atoms with E-state index in [0.717, 1.165) is 50.1 Å². The number of piperidine rings is 1. The minimum absolute atomic E-state index is 0.143. The fourth-order valence-electron chi connectivity index (χ4n) is 4.28. The molecule has 2 amide bonds. The van der Waals surface area contributed by atoms with Gasteiger partial charge in [-0.1, -0.05) is 38.5 Å². The number of benzene rings is 1. The number of hydrogen-bond acceptors (Lipinski definition) is 4.